The highest BCUT2D eigenvalue weighted by Gasteiger charge is 2.16. The molecule has 0 aromatic heterocycles. The summed E-state index contributed by atoms with van der Waals surface area (Å²) in [6.07, 6.45) is 3.35. The first-order valence-electron chi connectivity index (χ1n) is 5.69. The highest BCUT2D eigenvalue weighted by Crippen LogP contribution is 2.20. The average Bonchev–Trinajstić information content (AvgIpc) is 2.16. The minimum atomic E-state index is -0.147. The molecular weight excluding hydrogens is 172 g/mol. The third-order valence-corrected chi connectivity index (χ3v) is 2.57. The fourth-order valence-corrected chi connectivity index (χ4v) is 1.54. The van der Waals surface area contributed by atoms with Gasteiger partial charge in [-0.3, -0.25) is 0 Å². The summed E-state index contributed by atoms with van der Waals surface area (Å²) in [5.41, 5.74) is -0.147. The molecule has 0 fully saturated rings. The number of hydrogen-bond acceptors (Lipinski definition) is 2. The Morgan fingerprint density at radius 3 is 2.29 bits per heavy atom. The lowest BCUT2D eigenvalue weighted by molar-refractivity contribution is 0.268. The second kappa shape index (κ2) is 6.84. The zero-order valence-electron chi connectivity index (χ0n) is 10.1. The third kappa shape index (κ3) is 5.99. The molecule has 0 spiro atoms. The van der Waals surface area contributed by atoms with Crippen molar-refractivity contribution in [3.05, 3.63) is 0 Å². The molecule has 0 saturated carbocycles. The Bertz CT molecular complexity index is 179. The molecule has 0 saturated heterocycles. The normalized spacial score (nSPS) is 11.7. The molecule has 0 rings (SSSR count). The second-order valence-electron chi connectivity index (χ2n) is 4.53. The van der Waals surface area contributed by atoms with Gasteiger partial charge in [-0.15, -0.1) is 0 Å². The van der Waals surface area contributed by atoms with Gasteiger partial charge in [0.1, 0.15) is 0 Å². The fourth-order valence-electron chi connectivity index (χ4n) is 1.54. The van der Waals surface area contributed by atoms with E-state index in [2.05, 4.69) is 24.8 Å². The number of nitrogens with zero attached hydrogens (tertiary/aromatic N) is 2. The molecular formula is C12H24N2. The number of nitriles is 1. The molecule has 0 unspecified atom stereocenters. The summed E-state index contributed by atoms with van der Waals surface area (Å²) in [4.78, 5) is 2.45. The monoisotopic (exact) mass is 196 g/mol. The molecule has 0 heterocycles. The molecule has 2 heteroatoms. The number of rotatable bonds is 7. The van der Waals surface area contributed by atoms with E-state index in [4.69, 9.17) is 5.26 Å². The van der Waals surface area contributed by atoms with Gasteiger partial charge < -0.3 is 4.90 Å². The van der Waals surface area contributed by atoms with Crippen LogP contribution in [-0.4, -0.2) is 24.5 Å². The lowest BCUT2D eigenvalue weighted by Gasteiger charge is -2.21. The molecule has 0 aliphatic carbocycles. The van der Waals surface area contributed by atoms with Crippen LogP contribution in [-0.2, 0) is 0 Å². The summed E-state index contributed by atoms with van der Waals surface area (Å²) in [6.45, 7) is 11.9. The lowest BCUT2D eigenvalue weighted by atomic mass is 9.90. The highest BCUT2D eigenvalue weighted by molar-refractivity contribution is 4.91. The van der Waals surface area contributed by atoms with Crippen molar-refractivity contribution in [1.29, 1.82) is 5.26 Å². The smallest absolute Gasteiger partial charge is 0.0683 e. The summed E-state index contributed by atoms with van der Waals surface area (Å²) in [5, 5.41) is 8.86. The molecule has 0 atom stereocenters. The lowest BCUT2D eigenvalue weighted by Crippen LogP contribution is -2.26. The standard InChI is InChI=1S/C12H24N2/c1-5-9-14(6-2)10-7-8-12(3,4)11-13/h5-10H2,1-4H3. The summed E-state index contributed by atoms with van der Waals surface area (Å²) >= 11 is 0. The van der Waals surface area contributed by atoms with E-state index in [1.807, 2.05) is 13.8 Å². The first-order chi connectivity index (χ1) is 6.55. The van der Waals surface area contributed by atoms with Gasteiger partial charge in [-0.2, -0.15) is 5.26 Å². The maximum atomic E-state index is 8.86. The molecule has 14 heavy (non-hydrogen) atoms. The van der Waals surface area contributed by atoms with E-state index in [0.29, 0.717) is 0 Å². The van der Waals surface area contributed by atoms with Crippen molar-refractivity contribution in [1.82, 2.24) is 4.90 Å². The van der Waals surface area contributed by atoms with Crippen molar-refractivity contribution in [2.75, 3.05) is 19.6 Å². The van der Waals surface area contributed by atoms with Gasteiger partial charge in [0.05, 0.1) is 11.5 Å². The quantitative estimate of drug-likeness (QED) is 0.626. The molecule has 2 nitrogen and oxygen atoms in total. The predicted molar refractivity (Wildman–Crippen MR) is 61.0 cm³/mol. The molecule has 0 bridgehead atoms. The molecule has 0 aliphatic rings. The third-order valence-electron chi connectivity index (χ3n) is 2.57. The van der Waals surface area contributed by atoms with Crippen molar-refractivity contribution in [3.8, 4) is 6.07 Å². The van der Waals surface area contributed by atoms with E-state index < -0.39 is 0 Å². The molecule has 0 aromatic carbocycles. The van der Waals surface area contributed by atoms with E-state index in [-0.39, 0.29) is 5.41 Å². The topological polar surface area (TPSA) is 27.0 Å². The Hall–Kier alpha value is -0.550. The second-order valence-corrected chi connectivity index (χ2v) is 4.53. The van der Waals surface area contributed by atoms with Crippen LogP contribution in [0.3, 0.4) is 0 Å². The average molecular weight is 196 g/mol. The van der Waals surface area contributed by atoms with Gasteiger partial charge in [-0.25, -0.2) is 0 Å². The van der Waals surface area contributed by atoms with Crippen molar-refractivity contribution >= 4 is 0 Å². The van der Waals surface area contributed by atoms with Crippen molar-refractivity contribution in [2.24, 2.45) is 5.41 Å². The summed E-state index contributed by atoms with van der Waals surface area (Å²) in [7, 11) is 0. The summed E-state index contributed by atoms with van der Waals surface area (Å²) in [5.74, 6) is 0. The van der Waals surface area contributed by atoms with Crippen LogP contribution in [0.5, 0.6) is 0 Å². The SMILES string of the molecule is CCCN(CC)CCCC(C)(C)C#N. The molecule has 0 aromatic rings. The van der Waals surface area contributed by atoms with Gasteiger partial charge in [0.15, 0.2) is 0 Å². The van der Waals surface area contributed by atoms with E-state index >= 15 is 0 Å². The Morgan fingerprint density at radius 1 is 1.21 bits per heavy atom. The molecule has 0 amide bonds. The first-order valence-corrected chi connectivity index (χ1v) is 5.69. The fraction of sp³-hybridized carbons (Fsp3) is 0.917. The van der Waals surface area contributed by atoms with Gasteiger partial charge >= 0.3 is 0 Å². The maximum absolute atomic E-state index is 8.86. The van der Waals surface area contributed by atoms with Crippen LogP contribution in [0.25, 0.3) is 0 Å². The van der Waals surface area contributed by atoms with Crippen molar-refractivity contribution in [2.45, 2.75) is 47.0 Å². The Balaban J connectivity index is 3.67. The van der Waals surface area contributed by atoms with E-state index in [1.54, 1.807) is 0 Å². The molecule has 0 radical (unpaired) electrons. The Morgan fingerprint density at radius 2 is 1.86 bits per heavy atom. The van der Waals surface area contributed by atoms with Crippen molar-refractivity contribution < 1.29 is 0 Å². The van der Waals surface area contributed by atoms with E-state index in [9.17, 15) is 0 Å². The zero-order valence-corrected chi connectivity index (χ0v) is 10.1. The first kappa shape index (κ1) is 13.4. The van der Waals surface area contributed by atoms with E-state index in [0.717, 1.165) is 25.9 Å². The number of hydrogen-bond donors (Lipinski definition) is 0. The predicted octanol–water partition coefficient (Wildman–Crippen LogP) is 3.05. The summed E-state index contributed by atoms with van der Waals surface area (Å²) in [6, 6.07) is 2.35. The Labute approximate surface area is 88.9 Å². The van der Waals surface area contributed by atoms with Gasteiger partial charge in [0, 0.05) is 0 Å². The molecule has 0 aliphatic heterocycles. The van der Waals surface area contributed by atoms with Gasteiger partial charge in [-0.1, -0.05) is 13.8 Å². The van der Waals surface area contributed by atoms with Gasteiger partial charge in [0.2, 0.25) is 0 Å². The van der Waals surface area contributed by atoms with Crippen LogP contribution >= 0.6 is 0 Å². The molecule has 82 valence electrons. The maximum Gasteiger partial charge on any atom is 0.0683 e. The van der Waals surface area contributed by atoms with Crippen LogP contribution in [0.2, 0.25) is 0 Å². The Kier molecular flexibility index (Phi) is 6.57. The van der Waals surface area contributed by atoms with Gasteiger partial charge in [-0.05, 0) is 52.7 Å². The van der Waals surface area contributed by atoms with Crippen LogP contribution in [0, 0.1) is 16.7 Å². The van der Waals surface area contributed by atoms with Gasteiger partial charge in [0.25, 0.3) is 0 Å². The van der Waals surface area contributed by atoms with Crippen LogP contribution in [0.1, 0.15) is 47.0 Å². The highest BCUT2D eigenvalue weighted by atomic mass is 15.1. The minimum absolute atomic E-state index is 0.147. The largest absolute Gasteiger partial charge is 0.304 e. The minimum Gasteiger partial charge on any atom is -0.304 e. The molecule has 0 N–H and O–H groups in total. The van der Waals surface area contributed by atoms with Crippen LogP contribution in [0.15, 0.2) is 0 Å². The van der Waals surface area contributed by atoms with Crippen LogP contribution in [0.4, 0.5) is 0 Å². The summed E-state index contributed by atoms with van der Waals surface area (Å²) < 4.78 is 0. The van der Waals surface area contributed by atoms with Crippen LogP contribution < -0.4 is 0 Å². The van der Waals surface area contributed by atoms with E-state index in [1.165, 1.54) is 13.0 Å². The zero-order chi connectivity index (χ0) is 11.0. The van der Waals surface area contributed by atoms with Crippen molar-refractivity contribution in [3.63, 3.8) is 0 Å².